The Bertz CT molecular complexity index is 360. The Morgan fingerprint density at radius 2 is 2.36 bits per heavy atom. The van der Waals surface area contributed by atoms with Crippen molar-refractivity contribution in [2.24, 2.45) is 5.73 Å². The van der Waals surface area contributed by atoms with Crippen LogP contribution in [0.3, 0.4) is 0 Å². The number of nitrogens with zero attached hydrogens (tertiary/aromatic N) is 2. The minimum absolute atomic E-state index is 0.141. The molecule has 1 unspecified atom stereocenters. The fourth-order valence-corrected chi connectivity index (χ4v) is 1.53. The molecule has 2 N–H and O–H groups in total. The van der Waals surface area contributed by atoms with E-state index in [9.17, 15) is 0 Å². The molecule has 76 valence electrons. The molecular formula is C10H14ClN3. The van der Waals surface area contributed by atoms with E-state index in [1.807, 2.05) is 18.4 Å². The first-order valence-corrected chi connectivity index (χ1v) is 4.95. The van der Waals surface area contributed by atoms with Gasteiger partial charge in [0.1, 0.15) is 11.8 Å². The summed E-state index contributed by atoms with van der Waals surface area (Å²) < 4.78 is 1.91. The Morgan fingerprint density at radius 3 is 2.86 bits per heavy atom. The second-order valence-electron chi connectivity index (χ2n) is 3.49. The van der Waals surface area contributed by atoms with Gasteiger partial charge in [0.2, 0.25) is 0 Å². The lowest BCUT2D eigenvalue weighted by Gasteiger charge is -2.09. The van der Waals surface area contributed by atoms with Crippen LogP contribution in [-0.2, 0) is 6.54 Å². The number of halogens is 1. The summed E-state index contributed by atoms with van der Waals surface area (Å²) in [5, 5.41) is 9.51. The van der Waals surface area contributed by atoms with Crippen molar-refractivity contribution in [1.82, 2.24) is 4.57 Å². The zero-order valence-corrected chi connectivity index (χ0v) is 9.17. The molecule has 0 amide bonds. The predicted molar refractivity (Wildman–Crippen MR) is 57.2 cm³/mol. The lowest BCUT2D eigenvalue weighted by atomic mass is 10.2. The molecule has 3 nitrogen and oxygen atoms in total. The van der Waals surface area contributed by atoms with E-state index >= 15 is 0 Å². The van der Waals surface area contributed by atoms with E-state index in [-0.39, 0.29) is 6.04 Å². The van der Waals surface area contributed by atoms with Crippen LogP contribution in [0, 0.1) is 18.3 Å². The molecule has 0 saturated carbocycles. The van der Waals surface area contributed by atoms with Gasteiger partial charge in [0.15, 0.2) is 0 Å². The van der Waals surface area contributed by atoms with Gasteiger partial charge in [-0.15, -0.1) is 0 Å². The number of hydrogen-bond donors (Lipinski definition) is 1. The maximum atomic E-state index is 8.86. The molecule has 1 rings (SSSR count). The molecule has 0 aliphatic heterocycles. The number of nitriles is 1. The van der Waals surface area contributed by atoms with Crippen LogP contribution in [0.1, 0.15) is 24.7 Å². The fraction of sp³-hybridized carbons (Fsp3) is 0.500. The van der Waals surface area contributed by atoms with Crippen LogP contribution >= 0.6 is 11.6 Å². The molecule has 0 aliphatic carbocycles. The maximum Gasteiger partial charge on any atom is 0.121 e. The summed E-state index contributed by atoms with van der Waals surface area (Å²) in [6, 6.07) is 3.95. The number of aromatic nitrogens is 1. The highest BCUT2D eigenvalue weighted by atomic mass is 35.5. The smallest absolute Gasteiger partial charge is 0.121 e. The maximum absolute atomic E-state index is 8.86. The first-order chi connectivity index (χ1) is 6.56. The Balaban J connectivity index is 2.90. The monoisotopic (exact) mass is 211 g/mol. The Labute approximate surface area is 89.1 Å². The van der Waals surface area contributed by atoms with Crippen molar-refractivity contribution in [1.29, 1.82) is 5.26 Å². The van der Waals surface area contributed by atoms with Gasteiger partial charge in [0, 0.05) is 18.3 Å². The van der Waals surface area contributed by atoms with Crippen molar-refractivity contribution in [2.45, 2.75) is 32.9 Å². The van der Waals surface area contributed by atoms with Crippen molar-refractivity contribution in [3.05, 3.63) is 22.5 Å². The number of hydrogen-bond acceptors (Lipinski definition) is 2. The molecule has 0 saturated heterocycles. The molecule has 0 aromatic carbocycles. The van der Waals surface area contributed by atoms with E-state index in [2.05, 4.69) is 6.07 Å². The Hall–Kier alpha value is -0.980. The minimum Gasteiger partial charge on any atom is -0.335 e. The fourth-order valence-electron chi connectivity index (χ4n) is 1.33. The van der Waals surface area contributed by atoms with Crippen LogP contribution in [0.4, 0.5) is 0 Å². The Morgan fingerprint density at radius 1 is 1.71 bits per heavy atom. The minimum atomic E-state index is 0.141. The molecule has 1 aromatic heterocycles. The molecule has 4 heteroatoms. The van der Waals surface area contributed by atoms with Gasteiger partial charge in [-0.1, -0.05) is 11.6 Å². The topological polar surface area (TPSA) is 54.7 Å². The molecule has 0 radical (unpaired) electrons. The summed E-state index contributed by atoms with van der Waals surface area (Å²) in [4.78, 5) is 0. The summed E-state index contributed by atoms with van der Waals surface area (Å²) in [6.07, 6.45) is 0.848. The van der Waals surface area contributed by atoms with E-state index in [1.165, 1.54) is 0 Å². The first-order valence-electron chi connectivity index (χ1n) is 4.57. The van der Waals surface area contributed by atoms with E-state index in [1.54, 1.807) is 6.07 Å². The third kappa shape index (κ3) is 2.28. The molecule has 1 aromatic rings. The van der Waals surface area contributed by atoms with Gasteiger partial charge in [-0.25, -0.2) is 0 Å². The molecule has 1 heterocycles. The highest BCUT2D eigenvalue weighted by Crippen LogP contribution is 2.20. The Kier molecular flexibility index (Phi) is 3.56. The van der Waals surface area contributed by atoms with Gasteiger partial charge in [-0.2, -0.15) is 5.26 Å². The lowest BCUT2D eigenvalue weighted by Crippen LogP contribution is -2.18. The van der Waals surface area contributed by atoms with Crippen molar-refractivity contribution in [3.8, 4) is 6.07 Å². The van der Waals surface area contributed by atoms with Crippen LogP contribution in [0.5, 0.6) is 0 Å². The van der Waals surface area contributed by atoms with Gasteiger partial charge in [-0.05, 0) is 26.3 Å². The third-order valence-corrected chi connectivity index (χ3v) is 2.61. The SMILES string of the molecule is Cc1c(Cl)cc(C#N)n1CCC(C)N. The van der Waals surface area contributed by atoms with Gasteiger partial charge < -0.3 is 10.3 Å². The van der Waals surface area contributed by atoms with Gasteiger partial charge in [0.05, 0.1) is 5.02 Å². The number of rotatable bonds is 3. The quantitative estimate of drug-likeness (QED) is 0.832. The first kappa shape index (κ1) is 11.1. The normalized spacial score (nSPS) is 12.5. The van der Waals surface area contributed by atoms with E-state index in [4.69, 9.17) is 22.6 Å². The summed E-state index contributed by atoms with van der Waals surface area (Å²) in [5.41, 5.74) is 7.20. The average Bonchev–Trinajstić information content (AvgIpc) is 2.40. The molecule has 14 heavy (non-hydrogen) atoms. The molecule has 1 atom stereocenters. The summed E-state index contributed by atoms with van der Waals surface area (Å²) >= 11 is 5.93. The van der Waals surface area contributed by atoms with E-state index in [0.717, 1.165) is 18.7 Å². The highest BCUT2D eigenvalue weighted by molar-refractivity contribution is 6.31. The third-order valence-electron chi connectivity index (χ3n) is 2.23. The van der Waals surface area contributed by atoms with Gasteiger partial charge in [-0.3, -0.25) is 0 Å². The van der Waals surface area contributed by atoms with E-state index in [0.29, 0.717) is 10.7 Å². The van der Waals surface area contributed by atoms with E-state index < -0.39 is 0 Å². The van der Waals surface area contributed by atoms with Crippen molar-refractivity contribution >= 4 is 11.6 Å². The largest absolute Gasteiger partial charge is 0.335 e. The van der Waals surface area contributed by atoms with Crippen molar-refractivity contribution in [3.63, 3.8) is 0 Å². The standard InChI is InChI=1S/C10H14ClN3/c1-7(13)3-4-14-8(2)10(11)5-9(14)6-12/h5,7H,3-4,13H2,1-2H3. The van der Waals surface area contributed by atoms with Crippen LogP contribution in [-0.4, -0.2) is 10.6 Å². The van der Waals surface area contributed by atoms with Gasteiger partial charge >= 0.3 is 0 Å². The zero-order chi connectivity index (χ0) is 10.7. The summed E-state index contributed by atoms with van der Waals surface area (Å²) in [6.45, 7) is 4.61. The van der Waals surface area contributed by atoms with Crippen LogP contribution in [0.2, 0.25) is 5.02 Å². The molecule has 0 spiro atoms. The average molecular weight is 212 g/mol. The lowest BCUT2D eigenvalue weighted by molar-refractivity contribution is 0.561. The molecule has 0 aliphatic rings. The second kappa shape index (κ2) is 4.50. The van der Waals surface area contributed by atoms with Gasteiger partial charge in [0.25, 0.3) is 0 Å². The molecule has 0 bridgehead atoms. The van der Waals surface area contributed by atoms with Crippen LogP contribution < -0.4 is 5.73 Å². The van der Waals surface area contributed by atoms with Crippen molar-refractivity contribution in [2.75, 3.05) is 0 Å². The van der Waals surface area contributed by atoms with Crippen LogP contribution in [0.15, 0.2) is 6.07 Å². The number of nitrogens with two attached hydrogens (primary N) is 1. The van der Waals surface area contributed by atoms with Crippen LogP contribution in [0.25, 0.3) is 0 Å². The summed E-state index contributed by atoms with van der Waals surface area (Å²) in [7, 11) is 0. The summed E-state index contributed by atoms with van der Waals surface area (Å²) in [5.74, 6) is 0. The predicted octanol–water partition coefficient (Wildman–Crippen LogP) is 2.06. The van der Waals surface area contributed by atoms with Crippen molar-refractivity contribution < 1.29 is 0 Å². The second-order valence-corrected chi connectivity index (χ2v) is 3.90. The molecule has 0 fully saturated rings. The zero-order valence-electron chi connectivity index (χ0n) is 8.42. The highest BCUT2D eigenvalue weighted by Gasteiger charge is 2.09. The molecular weight excluding hydrogens is 198 g/mol.